The van der Waals surface area contributed by atoms with Crippen LogP contribution in [0.25, 0.3) is 0 Å². The highest BCUT2D eigenvalue weighted by Crippen LogP contribution is 1.90. The van der Waals surface area contributed by atoms with Gasteiger partial charge in [0.1, 0.15) is 0 Å². The lowest BCUT2D eigenvalue weighted by Gasteiger charge is -1.95. The number of carbonyl (C=O) groups is 1. The van der Waals surface area contributed by atoms with Crippen LogP contribution in [-0.4, -0.2) is 37.7 Å². The second-order valence-corrected chi connectivity index (χ2v) is 3.08. The van der Waals surface area contributed by atoms with Gasteiger partial charge in [0.25, 0.3) is 0 Å². The fourth-order valence-corrected chi connectivity index (χ4v) is 1.07. The van der Waals surface area contributed by atoms with Crippen molar-refractivity contribution in [3.8, 4) is 0 Å². The van der Waals surface area contributed by atoms with Crippen LogP contribution in [0, 0.1) is 0 Å². The molecule has 0 bridgehead atoms. The van der Waals surface area contributed by atoms with E-state index in [1.165, 1.54) is 6.21 Å². The van der Waals surface area contributed by atoms with E-state index in [4.69, 9.17) is 0 Å². The number of H-pyrrole nitrogens is 1. The van der Waals surface area contributed by atoms with Crippen molar-refractivity contribution in [2.75, 3.05) is 0 Å². The first-order chi connectivity index (χ1) is 8.34. The number of aromatic amines is 1. The molecule has 0 saturated heterocycles. The quantitative estimate of drug-likeness (QED) is 0.533. The zero-order valence-electron chi connectivity index (χ0n) is 8.74. The minimum atomic E-state index is -0.313. The maximum absolute atomic E-state index is 11.3. The van der Waals surface area contributed by atoms with Gasteiger partial charge in [-0.1, -0.05) is 11.3 Å². The molecule has 0 spiro atoms. The molecule has 2 aromatic rings. The first-order valence-corrected chi connectivity index (χ1v) is 4.79. The van der Waals surface area contributed by atoms with Crippen LogP contribution in [-0.2, 0) is 11.2 Å². The van der Waals surface area contributed by atoms with Gasteiger partial charge in [-0.05, 0) is 6.07 Å². The molecular formula is C9H9N7O. The molecule has 0 aliphatic heterocycles. The summed E-state index contributed by atoms with van der Waals surface area (Å²) < 4.78 is 0. The smallest absolute Gasteiger partial charge is 0.247 e. The number of tetrazole rings is 1. The third-order valence-electron chi connectivity index (χ3n) is 1.80. The van der Waals surface area contributed by atoms with Crippen molar-refractivity contribution >= 4 is 12.1 Å². The second kappa shape index (κ2) is 5.45. The maximum Gasteiger partial charge on any atom is 0.247 e. The lowest BCUT2D eigenvalue weighted by Crippen LogP contribution is -2.20. The molecule has 0 aromatic carbocycles. The number of nitrogens with one attached hydrogen (secondary N) is 2. The normalized spacial score (nSPS) is 10.6. The van der Waals surface area contributed by atoms with Crippen molar-refractivity contribution in [1.29, 1.82) is 0 Å². The van der Waals surface area contributed by atoms with Gasteiger partial charge in [-0.2, -0.15) is 10.3 Å². The molecule has 8 heteroatoms. The van der Waals surface area contributed by atoms with Gasteiger partial charge in [0, 0.05) is 18.0 Å². The summed E-state index contributed by atoms with van der Waals surface area (Å²) in [6, 6.07) is 3.60. The van der Waals surface area contributed by atoms with Crippen molar-refractivity contribution < 1.29 is 4.79 Å². The zero-order chi connectivity index (χ0) is 11.9. The minimum Gasteiger partial charge on any atom is -0.273 e. The van der Waals surface area contributed by atoms with Crippen LogP contribution in [0.5, 0.6) is 0 Å². The highest BCUT2D eigenvalue weighted by Gasteiger charge is 2.05. The first-order valence-electron chi connectivity index (χ1n) is 4.79. The molecule has 86 valence electrons. The Kier molecular flexibility index (Phi) is 3.48. The Bertz CT molecular complexity index is 493. The van der Waals surface area contributed by atoms with E-state index in [9.17, 15) is 4.79 Å². The number of hydrazone groups is 1. The molecule has 0 aliphatic carbocycles. The Balaban J connectivity index is 1.82. The van der Waals surface area contributed by atoms with Crippen molar-refractivity contribution in [2.45, 2.75) is 6.42 Å². The van der Waals surface area contributed by atoms with Crippen molar-refractivity contribution in [3.63, 3.8) is 0 Å². The van der Waals surface area contributed by atoms with Crippen LogP contribution in [0.2, 0.25) is 0 Å². The molecule has 0 saturated carbocycles. The van der Waals surface area contributed by atoms with Crippen LogP contribution < -0.4 is 5.43 Å². The Morgan fingerprint density at radius 3 is 3.24 bits per heavy atom. The molecule has 2 aromatic heterocycles. The lowest BCUT2D eigenvalue weighted by atomic mass is 10.3. The molecule has 2 N–H and O–H groups in total. The van der Waals surface area contributed by atoms with Gasteiger partial charge in [-0.3, -0.25) is 9.78 Å². The average Bonchev–Trinajstić information content (AvgIpc) is 2.83. The van der Waals surface area contributed by atoms with Gasteiger partial charge in [0.05, 0.1) is 12.6 Å². The molecule has 2 rings (SSSR count). The molecule has 17 heavy (non-hydrogen) atoms. The maximum atomic E-state index is 11.3. The van der Waals surface area contributed by atoms with E-state index in [2.05, 4.69) is 36.1 Å². The number of pyridine rings is 1. The first kappa shape index (κ1) is 10.9. The lowest BCUT2D eigenvalue weighted by molar-refractivity contribution is -0.120. The summed E-state index contributed by atoms with van der Waals surface area (Å²) in [6.45, 7) is 0. The monoisotopic (exact) mass is 231 g/mol. The molecular weight excluding hydrogens is 222 g/mol. The molecule has 0 radical (unpaired) electrons. The molecule has 0 fully saturated rings. The van der Waals surface area contributed by atoms with Gasteiger partial charge in [-0.15, -0.1) is 10.2 Å². The topological polar surface area (TPSA) is 109 Å². The largest absolute Gasteiger partial charge is 0.273 e. The zero-order valence-corrected chi connectivity index (χ0v) is 8.74. The van der Waals surface area contributed by atoms with E-state index in [0.29, 0.717) is 5.82 Å². The van der Waals surface area contributed by atoms with Gasteiger partial charge in [-0.25, -0.2) is 5.43 Å². The SMILES string of the molecule is O=C(Cc1nn[nH]n1)N/N=C\c1cccnc1. The van der Waals surface area contributed by atoms with Gasteiger partial charge >= 0.3 is 0 Å². The van der Waals surface area contributed by atoms with E-state index in [0.717, 1.165) is 5.56 Å². The van der Waals surface area contributed by atoms with Gasteiger partial charge in [0.2, 0.25) is 5.91 Å². The Labute approximate surface area is 96.2 Å². The number of carbonyl (C=O) groups excluding carboxylic acids is 1. The van der Waals surface area contributed by atoms with Crippen LogP contribution in [0.3, 0.4) is 0 Å². The fourth-order valence-electron chi connectivity index (χ4n) is 1.07. The number of aromatic nitrogens is 5. The summed E-state index contributed by atoms with van der Waals surface area (Å²) in [5, 5.41) is 16.7. The van der Waals surface area contributed by atoms with Gasteiger partial charge < -0.3 is 0 Å². The molecule has 0 aliphatic rings. The molecule has 0 atom stereocenters. The van der Waals surface area contributed by atoms with Crippen LogP contribution >= 0.6 is 0 Å². The van der Waals surface area contributed by atoms with E-state index in [-0.39, 0.29) is 12.3 Å². The number of hydrogen-bond acceptors (Lipinski definition) is 6. The predicted octanol–water partition coefficient (Wildman–Crippen LogP) is -0.712. The predicted molar refractivity (Wildman–Crippen MR) is 57.9 cm³/mol. The third-order valence-corrected chi connectivity index (χ3v) is 1.80. The number of rotatable bonds is 4. The van der Waals surface area contributed by atoms with E-state index < -0.39 is 0 Å². The summed E-state index contributed by atoms with van der Waals surface area (Å²) in [5.41, 5.74) is 3.15. The van der Waals surface area contributed by atoms with Crippen molar-refractivity contribution in [2.24, 2.45) is 5.10 Å². The Hall–Kier alpha value is -2.64. The molecule has 8 nitrogen and oxygen atoms in total. The molecule has 0 unspecified atom stereocenters. The van der Waals surface area contributed by atoms with Gasteiger partial charge in [0.15, 0.2) is 5.82 Å². The number of amides is 1. The highest BCUT2D eigenvalue weighted by molar-refractivity contribution is 5.82. The van der Waals surface area contributed by atoms with Crippen LogP contribution in [0.15, 0.2) is 29.6 Å². The van der Waals surface area contributed by atoms with Crippen molar-refractivity contribution in [3.05, 3.63) is 35.9 Å². The summed E-state index contributed by atoms with van der Waals surface area (Å²) in [7, 11) is 0. The van der Waals surface area contributed by atoms with Crippen LogP contribution in [0.1, 0.15) is 11.4 Å². The average molecular weight is 231 g/mol. The van der Waals surface area contributed by atoms with E-state index in [1.807, 2.05) is 6.07 Å². The molecule has 2 heterocycles. The summed E-state index contributed by atoms with van der Waals surface area (Å²) in [6.07, 6.45) is 4.82. The third kappa shape index (κ3) is 3.45. The van der Waals surface area contributed by atoms with E-state index >= 15 is 0 Å². The van der Waals surface area contributed by atoms with Crippen molar-refractivity contribution in [1.82, 2.24) is 31.0 Å². The summed E-state index contributed by atoms with van der Waals surface area (Å²) in [5.74, 6) is 0.00520. The fraction of sp³-hybridized carbons (Fsp3) is 0.111. The summed E-state index contributed by atoms with van der Waals surface area (Å²) in [4.78, 5) is 15.2. The highest BCUT2D eigenvalue weighted by atomic mass is 16.2. The Morgan fingerprint density at radius 2 is 2.53 bits per heavy atom. The molecule has 1 amide bonds. The minimum absolute atomic E-state index is 0.0287. The Morgan fingerprint density at radius 1 is 1.59 bits per heavy atom. The standard InChI is InChI=1S/C9H9N7O/c17-9(4-8-12-15-16-13-8)14-11-6-7-2-1-3-10-5-7/h1-3,5-6H,4H2,(H,14,17)(H,12,13,15,16)/b11-6-. The van der Waals surface area contributed by atoms with Crippen LogP contribution in [0.4, 0.5) is 0 Å². The van der Waals surface area contributed by atoms with E-state index in [1.54, 1.807) is 18.5 Å². The number of nitrogens with zero attached hydrogens (tertiary/aromatic N) is 5. The summed E-state index contributed by atoms with van der Waals surface area (Å²) >= 11 is 0. The second-order valence-electron chi connectivity index (χ2n) is 3.08. The number of hydrogen-bond donors (Lipinski definition) is 2.